The zero-order valence-corrected chi connectivity index (χ0v) is 10.2. The number of hydrogen-bond acceptors (Lipinski definition) is 2. The molecule has 0 bridgehead atoms. The van der Waals surface area contributed by atoms with Gasteiger partial charge in [-0.1, -0.05) is 24.3 Å². The average molecular weight is 237 g/mol. The molecule has 0 aliphatic heterocycles. The topological polar surface area (TPSA) is 40.5 Å². The summed E-state index contributed by atoms with van der Waals surface area (Å²) in [4.78, 5) is 13.1. The van der Waals surface area contributed by atoms with E-state index in [0.29, 0.717) is 0 Å². The molecule has 0 saturated heterocycles. The molecule has 1 rings (SSSR count). The van der Waals surface area contributed by atoms with Crippen molar-refractivity contribution >= 4 is 23.5 Å². The largest absolute Gasteiger partial charge is 0.465 e. The molecule has 0 spiro atoms. The van der Waals surface area contributed by atoms with Crippen molar-refractivity contribution in [3.63, 3.8) is 0 Å². The van der Waals surface area contributed by atoms with Gasteiger partial charge in [-0.3, -0.25) is 4.90 Å². The van der Waals surface area contributed by atoms with Crippen molar-refractivity contribution < 1.29 is 9.90 Å². The first-order valence-electron chi connectivity index (χ1n) is 4.96. The molecule has 3 nitrogen and oxygen atoms in total. The number of hydrogen-bond donors (Lipinski definition) is 1. The van der Waals surface area contributed by atoms with Crippen LogP contribution in [0.2, 0.25) is 0 Å². The molecule has 1 N–H and O–H groups in total. The highest BCUT2D eigenvalue weighted by atomic mass is 32.2. The zero-order chi connectivity index (χ0) is 12.0. The molecular weight excluding hydrogens is 222 g/mol. The van der Waals surface area contributed by atoms with E-state index in [4.69, 9.17) is 5.11 Å². The normalized spacial score (nSPS) is 10.6. The number of amides is 1. The minimum Gasteiger partial charge on any atom is -0.465 e. The van der Waals surface area contributed by atoms with Crippen LogP contribution >= 0.6 is 11.8 Å². The van der Waals surface area contributed by atoms with Crippen LogP contribution in [-0.4, -0.2) is 24.0 Å². The van der Waals surface area contributed by atoms with Gasteiger partial charge in [0.1, 0.15) is 0 Å². The molecule has 0 aliphatic carbocycles. The summed E-state index contributed by atoms with van der Waals surface area (Å²) in [5.74, 6) is 0.848. The predicted molar refractivity (Wildman–Crippen MR) is 68.4 cm³/mol. The van der Waals surface area contributed by atoms with E-state index in [1.807, 2.05) is 43.3 Å². The first kappa shape index (κ1) is 12.6. The second-order valence-electron chi connectivity index (χ2n) is 3.19. The van der Waals surface area contributed by atoms with Crippen molar-refractivity contribution in [2.75, 3.05) is 17.7 Å². The lowest BCUT2D eigenvalue weighted by Gasteiger charge is -2.16. The van der Waals surface area contributed by atoms with Crippen molar-refractivity contribution in [3.05, 3.63) is 36.4 Å². The van der Waals surface area contributed by atoms with Crippen LogP contribution in [0.4, 0.5) is 10.5 Å². The maximum absolute atomic E-state index is 10.9. The number of thioether (sulfide) groups is 1. The van der Waals surface area contributed by atoms with Gasteiger partial charge in [0.15, 0.2) is 0 Å². The molecule has 1 aromatic carbocycles. The molecule has 1 aromatic rings. The van der Waals surface area contributed by atoms with E-state index in [2.05, 4.69) is 0 Å². The van der Waals surface area contributed by atoms with E-state index < -0.39 is 6.09 Å². The molecule has 0 fully saturated rings. The van der Waals surface area contributed by atoms with Gasteiger partial charge in [0.2, 0.25) is 0 Å². The fourth-order valence-electron chi connectivity index (χ4n) is 1.19. The van der Waals surface area contributed by atoms with Gasteiger partial charge in [0.25, 0.3) is 0 Å². The lowest BCUT2D eigenvalue weighted by Crippen LogP contribution is -2.24. The molecule has 0 aromatic heterocycles. The number of rotatable bonds is 4. The van der Waals surface area contributed by atoms with Crippen LogP contribution in [-0.2, 0) is 0 Å². The highest BCUT2D eigenvalue weighted by Gasteiger charge is 2.12. The van der Waals surface area contributed by atoms with Gasteiger partial charge in [-0.25, -0.2) is 4.79 Å². The van der Waals surface area contributed by atoms with Gasteiger partial charge in [-0.05, 0) is 19.1 Å². The summed E-state index contributed by atoms with van der Waals surface area (Å²) in [6.45, 7) is 1.97. The van der Waals surface area contributed by atoms with E-state index in [9.17, 15) is 4.79 Å². The molecule has 0 heterocycles. The summed E-state index contributed by atoms with van der Waals surface area (Å²) in [5.41, 5.74) is 0.726. The lowest BCUT2D eigenvalue weighted by atomic mass is 10.3. The Morgan fingerprint density at radius 3 is 2.81 bits per heavy atom. The summed E-state index contributed by atoms with van der Waals surface area (Å²) >= 11 is 1.63. The van der Waals surface area contributed by atoms with Crippen LogP contribution in [0.25, 0.3) is 0 Å². The average Bonchev–Trinajstić information content (AvgIpc) is 2.29. The van der Waals surface area contributed by atoms with E-state index in [-0.39, 0.29) is 0 Å². The Morgan fingerprint density at radius 2 is 2.19 bits per heavy atom. The summed E-state index contributed by atoms with van der Waals surface area (Å²) < 4.78 is 0. The number of benzene rings is 1. The van der Waals surface area contributed by atoms with Crippen molar-refractivity contribution in [2.45, 2.75) is 11.8 Å². The summed E-state index contributed by atoms with van der Waals surface area (Å²) in [6, 6.07) is 7.50. The molecule has 16 heavy (non-hydrogen) atoms. The molecule has 0 saturated carbocycles. The summed E-state index contributed by atoms with van der Waals surface area (Å²) in [6.07, 6.45) is 3.08. The number of carbonyl (C=O) groups is 1. The molecule has 1 amide bonds. The van der Waals surface area contributed by atoms with E-state index >= 15 is 0 Å². The number of nitrogens with zero attached hydrogens (tertiary/aromatic N) is 1. The zero-order valence-electron chi connectivity index (χ0n) is 9.38. The number of anilines is 1. The van der Waals surface area contributed by atoms with Gasteiger partial charge >= 0.3 is 6.09 Å². The molecule has 0 atom stereocenters. The number of allylic oxidation sites excluding steroid dienone is 1. The van der Waals surface area contributed by atoms with E-state index in [1.54, 1.807) is 18.8 Å². The Morgan fingerprint density at radius 1 is 1.50 bits per heavy atom. The lowest BCUT2D eigenvalue weighted by molar-refractivity contribution is 0.203. The van der Waals surface area contributed by atoms with Crippen molar-refractivity contribution in [1.29, 1.82) is 0 Å². The van der Waals surface area contributed by atoms with Crippen LogP contribution in [0, 0.1) is 0 Å². The Labute approximate surface area is 99.8 Å². The molecule has 86 valence electrons. The van der Waals surface area contributed by atoms with Gasteiger partial charge in [-0.2, -0.15) is 0 Å². The van der Waals surface area contributed by atoms with Gasteiger partial charge in [0.05, 0.1) is 5.69 Å². The van der Waals surface area contributed by atoms with Crippen molar-refractivity contribution in [2.24, 2.45) is 0 Å². The third-order valence-corrected chi connectivity index (χ3v) is 3.10. The van der Waals surface area contributed by atoms with Crippen LogP contribution in [0.3, 0.4) is 0 Å². The highest BCUT2D eigenvalue weighted by Crippen LogP contribution is 2.29. The molecule has 0 aliphatic rings. The molecule has 4 heteroatoms. The SMILES string of the molecule is C/C=C/CSc1ccccc1N(C)C(=O)O. The summed E-state index contributed by atoms with van der Waals surface area (Å²) in [5, 5.41) is 8.93. The first-order chi connectivity index (χ1) is 7.66. The van der Waals surface area contributed by atoms with Crippen LogP contribution < -0.4 is 4.90 Å². The number of carboxylic acid groups (broad SMARTS) is 1. The van der Waals surface area contributed by atoms with E-state index in [1.165, 1.54) is 4.90 Å². The minimum absolute atomic E-state index is 0.726. The van der Waals surface area contributed by atoms with E-state index in [0.717, 1.165) is 16.3 Å². The van der Waals surface area contributed by atoms with Crippen LogP contribution in [0.5, 0.6) is 0 Å². The fraction of sp³-hybridized carbons (Fsp3) is 0.250. The maximum atomic E-state index is 10.9. The Kier molecular flexibility index (Phi) is 4.92. The van der Waals surface area contributed by atoms with Crippen LogP contribution in [0.15, 0.2) is 41.3 Å². The summed E-state index contributed by atoms with van der Waals surface area (Å²) in [7, 11) is 1.55. The minimum atomic E-state index is -0.945. The van der Waals surface area contributed by atoms with Gasteiger partial charge in [0, 0.05) is 17.7 Å². The monoisotopic (exact) mass is 237 g/mol. The Bertz CT molecular complexity index is 390. The van der Waals surface area contributed by atoms with Crippen LogP contribution in [0.1, 0.15) is 6.92 Å². The van der Waals surface area contributed by atoms with Crippen molar-refractivity contribution in [1.82, 2.24) is 0 Å². The Balaban J connectivity index is 2.87. The fourth-order valence-corrected chi connectivity index (χ4v) is 2.19. The first-order valence-corrected chi connectivity index (χ1v) is 5.95. The highest BCUT2D eigenvalue weighted by molar-refractivity contribution is 7.99. The smallest absolute Gasteiger partial charge is 0.411 e. The molecular formula is C12H15NO2S. The van der Waals surface area contributed by atoms with Gasteiger partial charge < -0.3 is 5.11 Å². The third-order valence-electron chi connectivity index (χ3n) is 2.08. The third kappa shape index (κ3) is 3.31. The molecule has 0 unspecified atom stereocenters. The maximum Gasteiger partial charge on any atom is 0.411 e. The second kappa shape index (κ2) is 6.23. The quantitative estimate of drug-likeness (QED) is 0.644. The predicted octanol–water partition coefficient (Wildman–Crippen LogP) is 3.47. The Hall–Kier alpha value is -1.42. The number of para-hydroxylation sites is 1. The van der Waals surface area contributed by atoms with Gasteiger partial charge in [-0.15, -0.1) is 11.8 Å². The molecule has 0 radical (unpaired) electrons. The standard InChI is InChI=1S/C12H15NO2S/c1-3-4-9-16-11-8-6-5-7-10(11)13(2)12(14)15/h3-8H,9H2,1-2H3,(H,14,15)/b4-3+. The van der Waals surface area contributed by atoms with Crippen molar-refractivity contribution in [3.8, 4) is 0 Å². The second-order valence-corrected chi connectivity index (χ2v) is 4.25.